The Morgan fingerprint density at radius 3 is 2.74 bits per heavy atom. The third kappa shape index (κ3) is 5.78. The fraction of sp³-hybridized carbons (Fsp3) is 0.500. The van der Waals surface area contributed by atoms with Crippen LogP contribution in [0.5, 0.6) is 0 Å². The summed E-state index contributed by atoms with van der Waals surface area (Å²) in [6.45, 7) is 4.16. The van der Waals surface area contributed by atoms with Crippen molar-refractivity contribution in [1.29, 1.82) is 0 Å². The first-order valence-corrected chi connectivity index (χ1v) is 7.98. The van der Waals surface area contributed by atoms with E-state index < -0.39 is 10.2 Å². The molecule has 0 bridgehead atoms. The molecular weight excluding hydrogens is 286 g/mol. The van der Waals surface area contributed by atoms with Gasteiger partial charge in [0.1, 0.15) is 0 Å². The molecular formula is C12H20ClN3O2S. The molecule has 0 saturated heterocycles. The maximum absolute atomic E-state index is 12.0. The van der Waals surface area contributed by atoms with Crippen LogP contribution in [-0.2, 0) is 10.2 Å². The zero-order valence-electron chi connectivity index (χ0n) is 11.2. The van der Waals surface area contributed by atoms with Gasteiger partial charge in [-0.15, -0.1) is 0 Å². The number of nitrogens with zero attached hydrogens (tertiary/aromatic N) is 1. The number of halogens is 1. The van der Waals surface area contributed by atoms with E-state index in [4.69, 9.17) is 11.6 Å². The summed E-state index contributed by atoms with van der Waals surface area (Å²) >= 11 is 5.81. The van der Waals surface area contributed by atoms with Gasteiger partial charge in [-0.2, -0.15) is 12.7 Å². The van der Waals surface area contributed by atoms with Crippen molar-refractivity contribution < 1.29 is 8.42 Å². The summed E-state index contributed by atoms with van der Waals surface area (Å²) in [5.41, 5.74) is 0.464. The molecule has 7 heteroatoms. The molecule has 0 saturated carbocycles. The van der Waals surface area contributed by atoms with Crippen LogP contribution in [0.25, 0.3) is 0 Å². The summed E-state index contributed by atoms with van der Waals surface area (Å²) in [7, 11) is -1.97. The van der Waals surface area contributed by atoms with Gasteiger partial charge in [-0.25, -0.2) is 0 Å². The van der Waals surface area contributed by atoms with Gasteiger partial charge in [0, 0.05) is 18.6 Å². The summed E-state index contributed by atoms with van der Waals surface area (Å²) in [6, 6.07) is 6.63. The van der Waals surface area contributed by atoms with Gasteiger partial charge in [0.15, 0.2) is 0 Å². The van der Waals surface area contributed by atoms with Crippen LogP contribution in [-0.4, -0.2) is 39.4 Å². The van der Waals surface area contributed by atoms with Crippen LogP contribution in [0.15, 0.2) is 24.3 Å². The maximum atomic E-state index is 12.0. The zero-order chi connectivity index (χ0) is 14.3. The highest BCUT2D eigenvalue weighted by Gasteiger charge is 2.16. The lowest BCUT2D eigenvalue weighted by molar-refractivity contribution is 0.459. The van der Waals surface area contributed by atoms with Crippen LogP contribution < -0.4 is 10.0 Å². The van der Waals surface area contributed by atoms with Gasteiger partial charge < -0.3 is 5.32 Å². The molecule has 0 amide bonds. The first-order valence-electron chi connectivity index (χ1n) is 6.16. The Kier molecular flexibility index (Phi) is 6.57. The molecule has 1 rings (SSSR count). The average Bonchev–Trinajstić information content (AvgIpc) is 2.33. The fourth-order valence-corrected chi connectivity index (χ4v) is 2.64. The van der Waals surface area contributed by atoms with Crippen molar-refractivity contribution in [3.8, 4) is 0 Å². The smallest absolute Gasteiger partial charge is 0.301 e. The third-order valence-corrected chi connectivity index (χ3v) is 4.29. The number of rotatable bonds is 8. The molecule has 5 nitrogen and oxygen atoms in total. The van der Waals surface area contributed by atoms with Crippen molar-refractivity contribution in [3.05, 3.63) is 29.3 Å². The van der Waals surface area contributed by atoms with Gasteiger partial charge in [0.25, 0.3) is 0 Å². The van der Waals surface area contributed by atoms with E-state index in [1.807, 2.05) is 6.92 Å². The van der Waals surface area contributed by atoms with E-state index in [2.05, 4.69) is 10.0 Å². The minimum atomic E-state index is -3.52. The summed E-state index contributed by atoms with van der Waals surface area (Å²) in [6.07, 6.45) is 0.765. The van der Waals surface area contributed by atoms with E-state index in [9.17, 15) is 8.42 Å². The Bertz CT molecular complexity index is 494. The number of benzene rings is 1. The van der Waals surface area contributed by atoms with E-state index in [-0.39, 0.29) is 0 Å². The number of anilines is 1. The fourth-order valence-electron chi connectivity index (χ4n) is 1.50. The van der Waals surface area contributed by atoms with Crippen LogP contribution in [0.2, 0.25) is 5.02 Å². The van der Waals surface area contributed by atoms with E-state index >= 15 is 0 Å². The zero-order valence-corrected chi connectivity index (χ0v) is 12.8. The van der Waals surface area contributed by atoms with Crippen LogP contribution in [0.1, 0.15) is 13.3 Å². The predicted molar refractivity (Wildman–Crippen MR) is 79.8 cm³/mol. The SMILES string of the molecule is CCNCCCN(C)S(=O)(=O)Nc1cccc(Cl)c1. The topological polar surface area (TPSA) is 61.4 Å². The molecule has 108 valence electrons. The molecule has 0 aliphatic rings. The van der Waals surface area contributed by atoms with E-state index in [1.54, 1.807) is 31.3 Å². The van der Waals surface area contributed by atoms with Crippen molar-refractivity contribution in [2.75, 3.05) is 31.4 Å². The van der Waals surface area contributed by atoms with Gasteiger partial charge in [-0.1, -0.05) is 24.6 Å². The summed E-state index contributed by atoms with van der Waals surface area (Å²) in [5, 5.41) is 3.65. The molecule has 1 aromatic carbocycles. The van der Waals surface area contributed by atoms with E-state index in [0.29, 0.717) is 17.3 Å². The minimum absolute atomic E-state index is 0.461. The van der Waals surface area contributed by atoms with Crippen LogP contribution in [0, 0.1) is 0 Å². The highest BCUT2D eigenvalue weighted by atomic mass is 35.5. The third-order valence-electron chi connectivity index (χ3n) is 2.56. The normalized spacial score (nSPS) is 11.8. The number of hydrogen-bond acceptors (Lipinski definition) is 3. The van der Waals surface area contributed by atoms with Gasteiger partial charge >= 0.3 is 10.2 Å². The van der Waals surface area contributed by atoms with E-state index in [1.165, 1.54) is 4.31 Å². The lowest BCUT2D eigenvalue weighted by Gasteiger charge is -2.18. The molecule has 0 heterocycles. The Morgan fingerprint density at radius 1 is 1.37 bits per heavy atom. The largest absolute Gasteiger partial charge is 0.317 e. The van der Waals surface area contributed by atoms with Gasteiger partial charge in [-0.05, 0) is 37.7 Å². The average molecular weight is 306 g/mol. The second kappa shape index (κ2) is 7.69. The highest BCUT2D eigenvalue weighted by Crippen LogP contribution is 2.16. The van der Waals surface area contributed by atoms with Crippen LogP contribution in [0.3, 0.4) is 0 Å². The Morgan fingerprint density at radius 2 is 2.11 bits per heavy atom. The highest BCUT2D eigenvalue weighted by molar-refractivity contribution is 7.90. The molecule has 1 aromatic rings. The molecule has 0 atom stereocenters. The first-order chi connectivity index (χ1) is 8.95. The first kappa shape index (κ1) is 16.2. The Hall–Kier alpha value is -0.820. The number of hydrogen-bond donors (Lipinski definition) is 2. The Labute approximate surface area is 120 Å². The predicted octanol–water partition coefficient (Wildman–Crippen LogP) is 1.93. The monoisotopic (exact) mass is 305 g/mol. The summed E-state index contributed by atoms with van der Waals surface area (Å²) < 4.78 is 27.8. The van der Waals surface area contributed by atoms with Crippen molar-refractivity contribution in [3.63, 3.8) is 0 Å². The molecule has 0 radical (unpaired) electrons. The summed E-state index contributed by atoms with van der Waals surface area (Å²) in [4.78, 5) is 0. The second-order valence-corrected chi connectivity index (χ2v) is 6.36. The van der Waals surface area contributed by atoms with E-state index in [0.717, 1.165) is 19.5 Å². The molecule has 0 spiro atoms. The quantitative estimate of drug-likeness (QED) is 0.721. The molecule has 0 aromatic heterocycles. The van der Waals surface area contributed by atoms with Gasteiger partial charge in [0.2, 0.25) is 0 Å². The van der Waals surface area contributed by atoms with Gasteiger partial charge in [-0.3, -0.25) is 4.72 Å². The summed E-state index contributed by atoms with van der Waals surface area (Å²) in [5.74, 6) is 0. The number of nitrogens with one attached hydrogen (secondary N) is 2. The second-order valence-electron chi connectivity index (χ2n) is 4.15. The lowest BCUT2D eigenvalue weighted by atomic mass is 10.3. The van der Waals surface area contributed by atoms with Crippen LogP contribution >= 0.6 is 11.6 Å². The maximum Gasteiger partial charge on any atom is 0.301 e. The van der Waals surface area contributed by atoms with Crippen molar-refractivity contribution >= 4 is 27.5 Å². The van der Waals surface area contributed by atoms with Gasteiger partial charge in [0.05, 0.1) is 5.69 Å². The van der Waals surface area contributed by atoms with Crippen molar-refractivity contribution in [2.45, 2.75) is 13.3 Å². The molecule has 0 aliphatic carbocycles. The standard InChI is InChI=1S/C12H20ClN3O2S/c1-3-14-8-5-9-16(2)19(17,18)15-12-7-4-6-11(13)10-12/h4,6-7,10,14-15H,3,5,8-9H2,1-2H3. The molecule has 0 unspecified atom stereocenters. The Balaban J connectivity index is 2.55. The molecule has 19 heavy (non-hydrogen) atoms. The molecule has 2 N–H and O–H groups in total. The molecule has 0 fully saturated rings. The van der Waals surface area contributed by atoms with Crippen molar-refractivity contribution in [2.24, 2.45) is 0 Å². The lowest BCUT2D eigenvalue weighted by Crippen LogP contribution is -2.34. The van der Waals surface area contributed by atoms with Crippen molar-refractivity contribution in [1.82, 2.24) is 9.62 Å². The van der Waals surface area contributed by atoms with Crippen LogP contribution in [0.4, 0.5) is 5.69 Å². The molecule has 0 aliphatic heterocycles. The minimum Gasteiger partial charge on any atom is -0.317 e.